The van der Waals surface area contributed by atoms with Crippen molar-refractivity contribution < 1.29 is 0 Å². The lowest BCUT2D eigenvalue weighted by Gasteiger charge is -2.07. The number of nitrogens with one attached hydrogen (secondary N) is 2. The van der Waals surface area contributed by atoms with Gasteiger partial charge in [0.05, 0.1) is 5.39 Å². The minimum Gasteiger partial charge on any atom is -0.354 e. The molecule has 0 aromatic carbocycles. The molecular formula is C14H18N6S. The Morgan fingerprint density at radius 1 is 1.33 bits per heavy atom. The molecule has 7 heteroatoms. The first kappa shape index (κ1) is 13.8. The van der Waals surface area contributed by atoms with Crippen molar-refractivity contribution in [3.63, 3.8) is 0 Å². The maximum absolute atomic E-state index is 4.58. The van der Waals surface area contributed by atoms with Gasteiger partial charge in [0, 0.05) is 30.7 Å². The Morgan fingerprint density at radius 2 is 2.19 bits per heavy atom. The van der Waals surface area contributed by atoms with Crippen LogP contribution in [0.2, 0.25) is 0 Å². The van der Waals surface area contributed by atoms with Crippen LogP contribution in [-0.4, -0.2) is 26.3 Å². The van der Waals surface area contributed by atoms with Gasteiger partial charge in [-0.1, -0.05) is 6.92 Å². The first-order chi connectivity index (χ1) is 10.2. The quantitative estimate of drug-likeness (QED) is 0.757. The number of fused-ring (bicyclic) bond motifs is 1. The third-order valence-corrected chi connectivity index (χ3v) is 3.95. The van der Waals surface area contributed by atoms with E-state index in [4.69, 9.17) is 0 Å². The molecular weight excluding hydrogens is 284 g/mol. The molecule has 0 amide bonds. The molecule has 110 valence electrons. The zero-order valence-corrected chi connectivity index (χ0v) is 13.2. The lowest BCUT2D eigenvalue weighted by Crippen LogP contribution is -2.06. The zero-order valence-electron chi connectivity index (χ0n) is 12.3. The maximum Gasteiger partial charge on any atom is 0.226 e. The van der Waals surface area contributed by atoms with E-state index in [0.717, 1.165) is 34.8 Å². The van der Waals surface area contributed by atoms with Gasteiger partial charge in [0.15, 0.2) is 5.82 Å². The second-order valence-electron chi connectivity index (χ2n) is 4.90. The van der Waals surface area contributed by atoms with Gasteiger partial charge in [0.2, 0.25) is 5.95 Å². The van der Waals surface area contributed by atoms with Crippen molar-refractivity contribution in [1.82, 2.24) is 19.7 Å². The van der Waals surface area contributed by atoms with E-state index < -0.39 is 0 Å². The fourth-order valence-electron chi connectivity index (χ4n) is 2.06. The number of anilines is 3. The minimum absolute atomic E-state index is 0.657. The topological polar surface area (TPSA) is 67.7 Å². The van der Waals surface area contributed by atoms with E-state index in [1.165, 1.54) is 4.88 Å². The fourth-order valence-corrected chi connectivity index (χ4v) is 2.94. The Balaban J connectivity index is 2.01. The average molecular weight is 302 g/mol. The molecule has 0 saturated heterocycles. The molecule has 0 radical (unpaired) electrons. The molecule has 0 fully saturated rings. The monoisotopic (exact) mass is 302 g/mol. The van der Waals surface area contributed by atoms with Gasteiger partial charge in [-0.3, -0.25) is 4.68 Å². The summed E-state index contributed by atoms with van der Waals surface area (Å²) in [5.41, 5.74) is 0. The molecule has 0 aliphatic carbocycles. The number of rotatable bonds is 5. The SMILES string of the molecule is CCCNc1nc(Nc2ccn(C)n2)c2cc(C)sc2n1. The van der Waals surface area contributed by atoms with Gasteiger partial charge in [-0.15, -0.1) is 11.3 Å². The van der Waals surface area contributed by atoms with Crippen molar-refractivity contribution in [2.75, 3.05) is 17.2 Å². The van der Waals surface area contributed by atoms with Gasteiger partial charge in [0.25, 0.3) is 0 Å². The van der Waals surface area contributed by atoms with E-state index in [1.54, 1.807) is 16.0 Å². The molecule has 3 aromatic rings. The Bertz CT molecular complexity index is 760. The van der Waals surface area contributed by atoms with Crippen LogP contribution in [0.5, 0.6) is 0 Å². The summed E-state index contributed by atoms with van der Waals surface area (Å²) >= 11 is 1.67. The number of nitrogens with zero attached hydrogens (tertiary/aromatic N) is 4. The molecule has 3 rings (SSSR count). The highest BCUT2D eigenvalue weighted by Crippen LogP contribution is 2.30. The second-order valence-corrected chi connectivity index (χ2v) is 6.13. The molecule has 6 nitrogen and oxygen atoms in total. The van der Waals surface area contributed by atoms with E-state index in [-0.39, 0.29) is 0 Å². The van der Waals surface area contributed by atoms with Crippen LogP contribution in [0.4, 0.5) is 17.6 Å². The summed E-state index contributed by atoms with van der Waals surface area (Å²) in [7, 11) is 1.89. The average Bonchev–Trinajstić information content (AvgIpc) is 3.01. The van der Waals surface area contributed by atoms with Crippen molar-refractivity contribution in [2.45, 2.75) is 20.3 Å². The van der Waals surface area contributed by atoms with E-state index in [1.807, 2.05) is 19.3 Å². The number of hydrogen-bond acceptors (Lipinski definition) is 6. The second kappa shape index (κ2) is 5.69. The molecule has 0 unspecified atom stereocenters. The maximum atomic E-state index is 4.58. The number of thiophene rings is 1. The zero-order chi connectivity index (χ0) is 14.8. The van der Waals surface area contributed by atoms with E-state index >= 15 is 0 Å². The van der Waals surface area contributed by atoms with Crippen molar-refractivity contribution >= 4 is 39.1 Å². The van der Waals surface area contributed by atoms with Crippen LogP contribution in [0.15, 0.2) is 18.3 Å². The standard InChI is InChI=1S/C14H18N6S/c1-4-6-15-14-17-12(16-11-5-7-20(3)19-11)10-8-9(2)21-13(10)18-14/h5,7-8H,4,6H2,1-3H3,(H2,15,16,17,18,19). The van der Waals surface area contributed by atoms with Crippen LogP contribution in [-0.2, 0) is 7.05 Å². The van der Waals surface area contributed by atoms with Gasteiger partial charge >= 0.3 is 0 Å². The highest BCUT2D eigenvalue weighted by molar-refractivity contribution is 7.18. The lowest BCUT2D eigenvalue weighted by atomic mass is 10.3. The van der Waals surface area contributed by atoms with Crippen molar-refractivity contribution in [2.24, 2.45) is 7.05 Å². The van der Waals surface area contributed by atoms with Crippen molar-refractivity contribution in [1.29, 1.82) is 0 Å². The summed E-state index contributed by atoms with van der Waals surface area (Å²) in [6, 6.07) is 4.03. The predicted octanol–water partition coefficient (Wildman–Crippen LogP) is 3.30. The molecule has 3 aromatic heterocycles. The van der Waals surface area contributed by atoms with Crippen molar-refractivity contribution in [3.05, 3.63) is 23.2 Å². The molecule has 0 aliphatic heterocycles. The molecule has 0 saturated carbocycles. The van der Waals surface area contributed by atoms with Crippen LogP contribution >= 0.6 is 11.3 Å². The Kier molecular flexibility index (Phi) is 3.74. The summed E-state index contributed by atoms with van der Waals surface area (Å²) in [6.45, 7) is 5.06. The first-order valence-corrected chi connectivity index (χ1v) is 7.76. The third kappa shape index (κ3) is 2.97. The molecule has 0 spiro atoms. The van der Waals surface area contributed by atoms with Crippen molar-refractivity contribution in [3.8, 4) is 0 Å². The third-order valence-electron chi connectivity index (χ3n) is 3.01. The minimum atomic E-state index is 0.657. The fraction of sp³-hybridized carbons (Fsp3) is 0.357. The Labute approximate surface area is 127 Å². The van der Waals surface area contributed by atoms with Crippen LogP contribution in [0.3, 0.4) is 0 Å². The highest BCUT2D eigenvalue weighted by Gasteiger charge is 2.11. The summed E-state index contributed by atoms with van der Waals surface area (Å²) in [4.78, 5) is 11.4. The van der Waals surface area contributed by atoms with Crippen LogP contribution in [0, 0.1) is 6.92 Å². The van der Waals surface area contributed by atoms with Gasteiger partial charge < -0.3 is 10.6 Å². The largest absolute Gasteiger partial charge is 0.354 e. The summed E-state index contributed by atoms with van der Waals surface area (Å²) in [5, 5.41) is 11.9. The van der Waals surface area contributed by atoms with Crippen LogP contribution < -0.4 is 10.6 Å². The number of aryl methyl sites for hydroxylation is 2. The van der Waals surface area contributed by atoms with Gasteiger partial charge in [0.1, 0.15) is 10.6 Å². The molecule has 0 aliphatic rings. The molecule has 2 N–H and O–H groups in total. The summed E-state index contributed by atoms with van der Waals surface area (Å²) in [6.07, 6.45) is 2.93. The van der Waals surface area contributed by atoms with Crippen LogP contribution in [0.1, 0.15) is 18.2 Å². The molecule has 21 heavy (non-hydrogen) atoms. The molecule has 0 bridgehead atoms. The van der Waals surface area contributed by atoms with E-state index in [0.29, 0.717) is 5.95 Å². The highest BCUT2D eigenvalue weighted by atomic mass is 32.1. The Hall–Kier alpha value is -2.15. The Morgan fingerprint density at radius 3 is 2.90 bits per heavy atom. The predicted molar refractivity (Wildman–Crippen MR) is 87.4 cm³/mol. The lowest BCUT2D eigenvalue weighted by molar-refractivity contribution is 0.771. The molecule has 3 heterocycles. The van der Waals surface area contributed by atoms with Crippen LogP contribution in [0.25, 0.3) is 10.2 Å². The first-order valence-electron chi connectivity index (χ1n) is 6.94. The van der Waals surface area contributed by atoms with Gasteiger partial charge in [-0.2, -0.15) is 10.1 Å². The van der Waals surface area contributed by atoms with E-state index in [9.17, 15) is 0 Å². The summed E-state index contributed by atoms with van der Waals surface area (Å²) < 4.78 is 1.76. The smallest absolute Gasteiger partial charge is 0.226 e. The number of hydrogen-bond donors (Lipinski definition) is 2. The normalized spacial score (nSPS) is 11.0. The number of aromatic nitrogens is 4. The van der Waals surface area contributed by atoms with E-state index in [2.05, 4.69) is 45.6 Å². The van der Waals surface area contributed by atoms with Gasteiger partial charge in [-0.25, -0.2) is 4.98 Å². The summed E-state index contributed by atoms with van der Waals surface area (Å²) in [5.74, 6) is 2.23. The van der Waals surface area contributed by atoms with Gasteiger partial charge in [-0.05, 0) is 19.4 Å². The molecule has 0 atom stereocenters.